The fourth-order valence-corrected chi connectivity index (χ4v) is 5.73. The van der Waals surface area contributed by atoms with Gasteiger partial charge in [-0.15, -0.1) is 0 Å². The molecular formula is C37H26. The van der Waals surface area contributed by atoms with Crippen LogP contribution in [0.5, 0.6) is 0 Å². The van der Waals surface area contributed by atoms with Gasteiger partial charge in [0.15, 0.2) is 0 Å². The first-order valence-electron chi connectivity index (χ1n) is 12.9. The van der Waals surface area contributed by atoms with E-state index in [0.29, 0.717) is 0 Å². The molecule has 0 radical (unpaired) electrons. The fraction of sp³-hybridized carbons (Fsp3) is 0.0270. The number of hydrogen-bond acceptors (Lipinski definition) is 0. The molecule has 0 spiro atoms. The summed E-state index contributed by atoms with van der Waals surface area (Å²) < 4.78 is 0. The molecule has 0 N–H and O–H groups in total. The van der Waals surface area contributed by atoms with Crippen LogP contribution in [0.4, 0.5) is 0 Å². The van der Waals surface area contributed by atoms with Crippen LogP contribution in [0, 0.1) is 6.92 Å². The van der Waals surface area contributed by atoms with Gasteiger partial charge in [0.2, 0.25) is 0 Å². The predicted molar refractivity (Wildman–Crippen MR) is 160 cm³/mol. The van der Waals surface area contributed by atoms with Crippen molar-refractivity contribution in [1.29, 1.82) is 0 Å². The Bertz CT molecular complexity index is 1850. The Labute approximate surface area is 217 Å². The van der Waals surface area contributed by atoms with Crippen LogP contribution in [0.25, 0.3) is 65.7 Å². The summed E-state index contributed by atoms with van der Waals surface area (Å²) in [5, 5.41) is 7.70. The Morgan fingerprint density at radius 2 is 0.757 bits per heavy atom. The summed E-state index contributed by atoms with van der Waals surface area (Å²) in [7, 11) is 0. The quantitative estimate of drug-likeness (QED) is 0.225. The molecular weight excluding hydrogens is 444 g/mol. The highest BCUT2D eigenvalue weighted by Gasteiger charge is 2.16. The first kappa shape index (κ1) is 21.6. The van der Waals surface area contributed by atoms with Crippen molar-refractivity contribution in [1.82, 2.24) is 0 Å². The molecule has 0 heterocycles. The maximum Gasteiger partial charge on any atom is -0.00262 e. The third kappa shape index (κ3) is 3.70. The van der Waals surface area contributed by atoms with Crippen molar-refractivity contribution in [3.05, 3.63) is 145 Å². The molecule has 0 saturated carbocycles. The number of aryl methyl sites for hydroxylation is 1. The fourth-order valence-electron chi connectivity index (χ4n) is 5.73. The second-order valence-electron chi connectivity index (χ2n) is 9.85. The third-order valence-electron chi connectivity index (χ3n) is 7.50. The topological polar surface area (TPSA) is 0 Å². The van der Waals surface area contributed by atoms with Gasteiger partial charge in [0.25, 0.3) is 0 Å². The van der Waals surface area contributed by atoms with Crippen molar-refractivity contribution in [2.75, 3.05) is 0 Å². The predicted octanol–water partition coefficient (Wildman–Crippen LogP) is 10.5. The summed E-state index contributed by atoms with van der Waals surface area (Å²) in [4.78, 5) is 0. The van der Waals surface area contributed by atoms with Gasteiger partial charge < -0.3 is 0 Å². The van der Waals surface area contributed by atoms with E-state index in [9.17, 15) is 0 Å². The lowest BCUT2D eigenvalue weighted by atomic mass is 9.85. The van der Waals surface area contributed by atoms with Gasteiger partial charge in [-0.1, -0.05) is 139 Å². The van der Waals surface area contributed by atoms with E-state index in [4.69, 9.17) is 0 Å². The summed E-state index contributed by atoms with van der Waals surface area (Å²) in [5.41, 5.74) is 8.87. The molecule has 0 unspecified atom stereocenters. The highest BCUT2D eigenvalue weighted by Crippen LogP contribution is 2.44. The van der Waals surface area contributed by atoms with Crippen LogP contribution >= 0.6 is 0 Å². The van der Waals surface area contributed by atoms with E-state index in [1.165, 1.54) is 71.3 Å². The zero-order chi connectivity index (χ0) is 24.8. The molecule has 0 bridgehead atoms. The molecule has 37 heavy (non-hydrogen) atoms. The van der Waals surface area contributed by atoms with E-state index in [1.54, 1.807) is 0 Å². The molecule has 0 fully saturated rings. The maximum atomic E-state index is 2.34. The Morgan fingerprint density at radius 1 is 0.324 bits per heavy atom. The third-order valence-corrected chi connectivity index (χ3v) is 7.50. The number of benzene rings is 7. The van der Waals surface area contributed by atoms with Gasteiger partial charge in [-0.05, 0) is 78.7 Å². The molecule has 7 aromatic rings. The summed E-state index contributed by atoms with van der Waals surface area (Å²) in [5.74, 6) is 0. The van der Waals surface area contributed by atoms with Gasteiger partial charge in [-0.3, -0.25) is 0 Å². The minimum atomic E-state index is 1.24. The molecule has 0 aromatic heterocycles. The lowest BCUT2D eigenvalue weighted by Crippen LogP contribution is -1.91. The molecule has 0 heteroatoms. The molecule has 7 rings (SSSR count). The van der Waals surface area contributed by atoms with Crippen LogP contribution < -0.4 is 0 Å². The molecule has 0 nitrogen and oxygen atoms in total. The molecule has 0 saturated heterocycles. The highest BCUT2D eigenvalue weighted by molar-refractivity contribution is 6.21. The molecule has 174 valence electrons. The zero-order valence-corrected chi connectivity index (χ0v) is 20.8. The largest absolute Gasteiger partial charge is 0.0622 e. The Balaban J connectivity index is 1.49. The summed E-state index contributed by atoms with van der Waals surface area (Å²) >= 11 is 0. The molecule has 0 aliphatic heterocycles. The minimum absolute atomic E-state index is 1.24. The normalized spacial score (nSPS) is 11.4. The van der Waals surface area contributed by atoms with E-state index in [-0.39, 0.29) is 0 Å². The average Bonchev–Trinajstić information content (AvgIpc) is 2.96. The van der Waals surface area contributed by atoms with Gasteiger partial charge in [0.1, 0.15) is 0 Å². The second kappa shape index (κ2) is 8.76. The van der Waals surface area contributed by atoms with Gasteiger partial charge >= 0.3 is 0 Å². The zero-order valence-electron chi connectivity index (χ0n) is 20.8. The minimum Gasteiger partial charge on any atom is -0.0622 e. The van der Waals surface area contributed by atoms with Crippen molar-refractivity contribution in [3.8, 4) is 33.4 Å². The van der Waals surface area contributed by atoms with Gasteiger partial charge in [0.05, 0.1) is 0 Å². The average molecular weight is 471 g/mol. The molecule has 0 amide bonds. The summed E-state index contributed by atoms with van der Waals surface area (Å²) in [6.07, 6.45) is 0. The van der Waals surface area contributed by atoms with E-state index in [0.717, 1.165) is 0 Å². The van der Waals surface area contributed by atoms with Crippen molar-refractivity contribution >= 4 is 32.3 Å². The van der Waals surface area contributed by atoms with Crippen molar-refractivity contribution in [2.24, 2.45) is 0 Å². The Morgan fingerprint density at radius 3 is 1.38 bits per heavy atom. The maximum absolute atomic E-state index is 2.34. The molecule has 0 aliphatic carbocycles. The number of hydrogen-bond donors (Lipinski definition) is 0. The highest BCUT2D eigenvalue weighted by atomic mass is 14.2. The van der Waals surface area contributed by atoms with E-state index in [2.05, 4.69) is 146 Å². The van der Waals surface area contributed by atoms with Gasteiger partial charge in [-0.25, -0.2) is 0 Å². The Hall–Kier alpha value is -4.68. The van der Waals surface area contributed by atoms with Crippen molar-refractivity contribution in [2.45, 2.75) is 6.92 Å². The van der Waals surface area contributed by atoms with E-state index >= 15 is 0 Å². The molecule has 7 aromatic carbocycles. The number of fused-ring (bicyclic) bond motifs is 3. The first-order chi connectivity index (χ1) is 18.3. The smallest absolute Gasteiger partial charge is 0.00262 e. The summed E-state index contributed by atoms with van der Waals surface area (Å²) in [6, 6.07) is 50.9. The van der Waals surface area contributed by atoms with Crippen LogP contribution in [0.3, 0.4) is 0 Å². The number of rotatable bonds is 3. The van der Waals surface area contributed by atoms with Crippen molar-refractivity contribution < 1.29 is 0 Å². The standard InChI is InChI=1S/C37H26/c1-25-15-16-30-24-31(22-21-29(30)23-25)37-34-13-7-5-11-32(34)36(33-12-6-8-14-35(33)37)28-19-17-27(18-20-28)26-9-3-2-4-10-26/h2-24H,1H3. The van der Waals surface area contributed by atoms with Crippen LogP contribution in [-0.2, 0) is 0 Å². The SMILES string of the molecule is Cc1ccc2cc(-c3c4ccccc4c(-c4ccc(-c5ccccc5)cc4)c4ccccc34)ccc2c1. The molecule has 0 atom stereocenters. The van der Waals surface area contributed by atoms with E-state index in [1.807, 2.05) is 0 Å². The van der Waals surface area contributed by atoms with Crippen LogP contribution in [0.1, 0.15) is 5.56 Å². The van der Waals surface area contributed by atoms with Crippen LogP contribution in [0.2, 0.25) is 0 Å². The van der Waals surface area contributed by atoms with Crippen LogP contribution in [-0.4, -0.2) is 0 Å². The lowest BCUT2D eigenvalue weighted by Gasteiger charge is -2.18. The monoisotopic (exact) mass is 470 g/mol. The Kier molecular flexibility index (Phi) is 5.11. The van der Waals surface area contributed by atoms with Gasteiger partial charge in [0, 0.05) is 0 Å². The van der Waals surface area contributed by atoms with E-state index < -0.39 is 0 Å². The first-order valence-corrected chi connectivity index (χ1v) is 12.9. The molecule has 0 aliphatic rings. The van der Waals surface area contributed by atoms with Gasteiger partial charge in [-0.2, -0.15) is 0 Å². The second-order valence-corrected chi connectivity index (χ2v) is 9.85. The van der Waals surface area contributed by atoms with Crippen LogP contribution in [0.15, 0.2) is 140 Å². The lowest BCUT2D eigenvalue weighted by molar-refractivity contribution is 1.51. The van der Waals surface area contributed by atoms with Crippen molar-refractivity contribution in [3.63, 3.8) is 0 Å². The summed E-state index contributed by atoms with van der Waals surface area (Å²) in [6.45, 7) is 2.15.